The van der Waals surface area contributed by atoms with Crippen molar-refractivity contribution in [1.82, 2.24) is 0 Å². The molecule has 0 fully saturated rings. The highest BCUT2D eigenvalue weighted by Gasteiger charge is 2.15. The standard InChI is InChI=1S/C17H33O4P/c1-3-5-7-9-11-13-15-17(21-22(18,19)20)16-14-12-10-8-6-4-2/h13,15-16H,3-12,14H2,1-2H3,(H2,18,19,20). The molecule has 0 aromatic rings. The molecule has 0 aliphatic rings. The van der Waals surface area contributed by atoms with Crippen LogP contribution in [-0.2, 0) is 9.09 Å². The maximum Gasteiger partial charge on any atom is 0.524 e. The van der Waals surface area contributed by atoms with E-state index in [2.05, 4.69) is 13.8 Å². The Morgan fingerprint density at radius 1 is 0.909 bits per heavy atom. The third kappa shape index (κ3) is 15.8. The summed E-state index contributed by atoms with van der Waals surface area (Å²) >= 11 is 0. The van der Waals surface area contributed by atoms with Gasteiger partial charge in [0.05, 0.1) is 0 Å². The Labute approximate surface area is 135 Å². The predicted octanol–water partition coefficient (Wildman–Crippen LogP) is 5.87. The Hall–Kier alpha value is -0.570. The summed E-state index contributed by atoms with van der Waals surface area (Å²) < 4.78 is 15.7. The largest absolute Gasteiger partial charge is 0.524 e. The molecule has 130 valence electrons. The van der Waals surface area contributed by atoms with Crippen molar-refractivity contribution < 1.29 is 18.9 Å². The van der Waals surface area contributed by atoms with Crippen molar-refractivity contribution in [3.8, 4) is 0 Å². The van der Waals surface area contributed by atoms with Gasteiger partial charge in [-0.2, -0.15) is 0 Å². The van der Waals surface area contributed by atoms with E-state index in [1.165, 1.54) is 38.5 Å². The lowest BCUT2D eigenvalue weighted by Crippen LogP contribution is -1.88. The van der Waals surface area contributed by atoms with E-state index >= 15 is 0 Å². The molecule has 0 aromatic heterocycles. The Kier molecular flexibility index (Phi) is 13.7. The van der Waals surface area contributed by atoms with E-state index in [9.17, 15) is 4.57 Å². The average molecular weight is 332 g/mol. The van der Waals surface area contributed by atoms with Crippen LogP contribution in [0.15, 0.2) is 24.0 Å². The van der Waals surface area contributed by atoms with Gasteiger partial charge in [-0.05, 0) is 37.8 Å². The summed E-state index contributed by atoms with van der Waals surface area (Å²) in [5.74, 6) is 0.291. The molecule has 5 heteroatoms. The van der Waals surface area contributed by atoms with Gasteiger partial charge in [-0.25, -0.2) is 4.57 Å². The van der Waals surface area contributed by atoms with Crippen LogP contribution in [-0.4, -0.2) is 9.79 Å². The molecule has 0 rings (SSSR count). The van der Waals surface area contributed by atoms with Crippen LogP contribution in [0.25, 0.3) is 0 Å². The molecule has 0 amide bonds. The second-order valence-electron chi connectivity index (χ2n) is 5.64. The molecule has 0 atom stereocenters. The van der Waals surface area contributed by atoms with Crippen LogP contribution in [0.5, 0.6) is 0 Å². The summed E-state index contributed by atoms with van der Waals surface area (Å²) in [6.07, 6.45) is 17.7. The van der Waals surface area contributed by atoms with Gasteiger partial charge in [0, 0.05) is 0 Å². The normalized spacial score (nSPS) is 13.0. The molecule has 0 aromatic carbocycles. The van der Waals surface area contributed by atoms with Crippen LogP contribution in [0.3, 0.4) is 0 Å². The van der Waals surface area contributed by atoms with Crippen LogP contribution < -0.4 is 0 Å². The molecular weight excluding hydrogens is 299 g/mol. The van der Waals surface area contributed by atoms with Crippen LogP contribution in [0, 0.1) is 0 Å². The molecule has 0 spiro atoms. The van der Waals surface area contributed by atoms with E-state index in [-0.39, 0.29) is 0 Å². The number of phosphoric acid groups is 1. The Morgan fingerprint density at radius 3 is 2.05 bits per heavy atom. The van der Waals surface area contributed by atoms with Gasteiger partial charge < -0.3 is 4.52 Å². The lowest BCUT2D eigenvalue weighted by molar-refractivity contribution is 0.247. The number of phosphoric ester groups is 1. The zero-order valence-corrected chi connectivity index (χ0v) is 15.1. The van der Waals surface area contributed by atoms with Crippen LogP contribution in [0.4, 0.5) is 0 Å². The van der Waals surface area contributed by atoms with Crippen molar-refractivity contribution in [2.75, 3.05) is 0 Å². The summed E-state index contributed by atoms with van der Waals surface area (Å²) in [7, 11) is -4.47. The minimum absolute atomic E-state index is 0.291. The third-order valence-electron chi connectivity index (χ3n) is 3.38. The van der Waals surface area contributed by atoms with Crippen molar-refractivity contribution in [2.24, 2.45) is 0 Å². The van der Waals surface area contributed by atoms with E-state index in [0.717, 1.165) is 32.1 Å². The number of hydrogen-bond acceptors (Lipinski definition) is 2. The summed E-state index contributed by atoms with van der Waals surface area (Å²) in [6, 6.07) is 0. The second-order valence-corrected chi connectivity index (χ2v) is 6.81. The summed E-state index contributed by atoms with van der Waals surface area (Å²) in [6.45, 7) is 4.35. The van der Waals surface area contributed by atoms with Crippen LogP contribution >= 0.6 is 7.82 Å². The van der Waals surface area contributed by atoms with E-state index < -0.39 is 7.82 Å². The fraction of sp³-hybridized carbons (Fsp3) is 0.765. The van der Waals surface area contributed by atoms with Crippen LogP contribution in [0.1, 0.15) is 84.5 Å². The first kappa shape index (κ1) is 21.4. The SMILES string of the molecule is CCCCCCC=CC(=CCCCCCCC)OP(=O)(O)O. The first-order chi connectivity index (χ1) is 10.5. The Morgan fingerprint density at radius 2 is 1.45 bits per heavy atom. The molecular formula is C17H33O4P. The molecule has 4 nitrogen and oxygen atoms in total. The van der Waals surface area contributed by atoms with Gasteiger partial charge in [0.2, 0.25) is 0 Å². The van der Waals surface area contributed by atoms with Crippen molar-refractivity contribution in [1.29, 1.82) is 0 Å². The maximum atomic E-state index is 11.0. The van der Waals surface area contributed by atoms with Crippen molar-refractivity contribution in [3.05, 3.63) is 24.0 Å². The van der Waals surface area contributed by atoms with E-state index in [1.54, 1.807) is 12.2 Å². The molecule has 22 heavy (non-hydrogen) atoms. The van der Waals surface area contributed by atoms with Crippen LogP contribution in [0.2, 0.25) is 0 Å². The highest BCUT2D eigenvalue weighted by Crippen LogP contribution is 2.39. The summed E-state index contributed by atoms with van der Waals surface area (Å²) in [5, 5.41) is 0. The quantitative estimate of drug-likeness (QED) is 0.181. The number of rotatable bonds is 14. The van der Waals surface area contributed by atoms with Gasteiger partial charge in [-0.15, -0.1) is 0 Å². The average Bonchev–Trinajstić information content (AvgIpc) is 2.44. The first-order valence-corrected chi connectivity index (χ1v) is 10.1. The summed E-state index contributed by atoms with van der Waals surface area (Å²) in [4.78, 5) is 17.9. The molecule has 0 aliphatic carbocycles. The van der Waals surface area contributed by atoms with Crippen molar-refractivity contribution in [2.45, 2.75) is 84.5 Å². The lowest BCUT2D eigenvalue weighted by atomic mass is 10.1. The fourth-order valence-electron chi connectivity index (χ4n) is 2.15. The number of hydrogen-bond donors (Lipinski definition) is 2. The molecule has 2 N–H and O–H groups in total. The number of unbranched alkanes of at least 4 members (excludes halogenated alkanes) is 9. The zero-order valence-electron chi connectivity index (χ0n) is 14.2. The van der Waals surface area contributed by atoms with Gasteiger partial charge in [0.1, 0.15) is 5.76 Å². The molecule has 0 radical (unpaired) electrons. The van der Waals surface area contributed by atoms with Gasteiger partial charge in [0.25, 0.3) is 0 Å². The fourth-order valence-corrected chi connectivity index (χ4v) is 2.56. The third-order valence-corrected chi connectivity index (χ3v) is 3.83. The molecule has 0 saturated carbocycles. The van der Waals surface area contributed by atoms with Crippen molar-refractivity contribution >= 4 is 7.82 Å². The van der Waals surface area contributed by atoms with Gasteiger partial charge >= 0.3 is 7.82 Å². The first-order valence-electron chi connectivity index (χ1n) is 8.61. The molecule has 0 aliphatic heterocycles. The van der Waals surface area contributed by atoms with Gasteiger partial charge in [-0.1, -0.05) is 64.9 Å². The highest BCUT2D eigenvalue weighted by molar-refractivity contribution is 7.46. The minimum atomic E-state index is -4.47. The molecule has 0 bridgehead atoms. The second kappa shape index (κ2) is 14.0. The Bertz CT molecular complexity index is 358. The van der Waals surface area contributed by atoms with Crippen molar-refractivity contribution in [3.63, 3.8) is 0 Å². The smallest absolute Gasteiger partial charge is 0.405 e. The molecule has 0 saturated heterocycles. The summed E-state index contributed by atoms with van der Waals surface area (Å²) in [5.41, 5.74) is 0. The maximum absolute atomic E-state index is 11.0. The highest BCUT2D eigenvalue weighted by atomic mass is 31.2. The predicted molar refractivity (Wildman–Crippen MR) is 92.5 cm³/mol. The van der Waals surface area contributed by atoms with Gasteiger partial charge in [0.15, 0.2) is 0 Å². The Balaban J connectivity index is 4.19. The van der Waals surface area contributed by atoms with E-state index in [1.807, 2.05) is 6.08 Å². The minimum Gasteiger partial charge on any atom is -0.405 e. The molecule has 0 unspecified atom stereocenters. The zero-order chi connectivity index (χ0) is 16.7. The molecule has 0 heterocycles. The topological polar surface area (TPSA) is 66.8 Å². The number of allylic oxidation sites excluding steroid dienone is 3. The van der Waals surface area contributed by atoms with E-state index in [0.29, 0.717) is 5.76 Å². The van der Waals surface area contributed by atoms with Gasteiger partial charge in [-0.3, -0.25) is 9.79 Å². The van der Waals surface area contributed by atoms with E-state index in [4.69, 9.17) is 14.3 Å². The lowest BCUT2D eigenvalue weighted by Gasteiger charge is -2.08. The monoisotopic (exact) mass is 332 g/mol.